The minimum absolute atomic E-state index is 0.130. The van der Waals surface area contributed by atoms with Crippen LogP contribution in [-0.4, -0.2) is 11.5 Å². The third-order valence-electron chi connectivity index (χ3n) is 2.77. The lowest BCUT2D eigenvalue weighted by Gasteiger charge is -2.25. The van der Waals surface area contributed by atoms with Crippen molar-refractivity contribution in [2.75, 3.05) is 0 Å². The second kappa shape index (κ2) is 3.35. The molecule has 14 heavy (non-hydrogen) atoms. The predicted molar refractivity (Wildman–Crippen MR) is 46.2 cm³/mol. The Hall–Kier alpha value is -0.900. The molecule has 1 aromatic heterocycles. The molecule has 0 amide bonds. The van der Waals surface area contributed by atoms with Gasteiger partial charge < -0.3 is 9.52 Å². The van der Waals surface area contributed by atoms with E-state index in [1.54, 1.807) is 0 Å². The van der Waals surface area contributed by atoms with Crippen molar-refractivity contribution < 1.29 is 18.3 Å². The standard InChI is InChI=1S/C10H12F2O2/c1-5-4-14-8-3-6(10(11)12)2-7(13)9(5)8/h4,6-7,10,13H,2-3H2,1H3. The second-order valence-corrected chi connectivity index (χ2v) is 3.81. The zero-order valence-corrected chi connectivity index (χ0v) is 7.84. The fourth-order valence-electron chi connectivity index (χ4n) is 2.03. The van der Waals surface area contributed by atoms with E-state index in [-0.39, 0.29) is 12.8 Å². The summed E-state index contributed by atoms with van der Waals surface area (Å²) in [6.07, 6.45) is -1.30. The molecule has 0 fully saturated rings. The van der Waals surface area contributed by atoms with Crippen LogP contribution in [0.25, 0.3) is 0 Å². The number of aryl methyl sites for hydroxylation is 1. The molecule has 1 aliphatic rings. The van der Waals surface area contributed by atoms with Crippen LogP contribution in [0.5, 0.6) is 0 Å². The van der Waals surface area contributed by atoms with Crippen molar-refractivity contribution in [3.63, 3.8) is 0 Å². The molecule has 0 saturated heterocycles. The monoisotopic (exact) mass is 202 g/mol. The molecule has 78 valence electrons. The minimum Gasteiger partial charge on any atom is -0.469 e. The largest absolute Gasteiger partial charge is 0.469 e. The van der Waals surface area contributed by atoms with Gasteiger partial charge in [0.25, 0.3) is 0 Å². The van der Waals surface area contributed by atoms with E-state index < -0.39 is 18.4 Å². The van der Waals surface area contributed by atoms with Crippen LogP contribution in [0.3, 0.4) is 0 Å². The van der Waals surface area contributed by atoms with Gasteiger partial charge in [-0.05, 0) is 18.9 Å². The van der Waals surface area contributed by atoms with Crippen molar-refractivity contribution >= 4 is 0 Å². The SMILES string of the molecule is Cc1coc2c1C(O)CC(C(F)F)C2. The van der Waals surface area contributed by atoms with Crippen LogP contribution in [0.15, 0.2) is 10.7 Å². The highest BCUT2D eigenvalue weighted by molar-refractivity contribution is 5.31. The third kappa shape index (κ3) is 1.43. The normalized spacial score (nSPS) is 26.6. The first kappa shape index (κ1) is 9.65. The van der Waals surface area contributed by atoms with E-state index in [0.717, 1.165) is 5.56 Å². The van der Waals surface area contributed by atoms with Gasteiger partial charge in [-0.15, -0.1) is 0 Å². The molecule has 2 rings (SSSR count). The predicted octanol–water partition coefficient (Wildman–Crippen LogP) is 2.45. The van der Waals surface area contributed by atoms with Crippen molar-refractivity contribution in [2.45, 2.75) is 32.3 Å². The summed E-state index contributed by atoms with van der Waals surface area (Å²) in [5.41, 5.74) is 1.56. The highest BCUT2D eigenvalue weighted by Gasteiger charge is 2.34. The average molecular weight is 202 g/mol. The number of aliphatic hydroxyl groups excluding tert-OH is 1. The number of halogens is 2. The maximum atomic E-state index is 12.4. The van der Waals surface area contributed by atoms with E-state index in [1.165, 1.54) is 6.26 Å². The number of alkyl halides is 2. The first-order chi connectivity index (χ1) is 6.59. The second-order valence-electron chi connectivity index (χ2n) is 3.81. The van der Waals surface area contributed by atoms with Gasteiger partial charge in [-0.1, -0.05) is 0 Å². The summed E-state index contributed by atoms with van der Waals surface area (Å²) in [5, 5.41) is 9.66. The molecule has 0 spiro atoms. The average Bonchev–Trinajstić information content (AvgIpc) is 2.48. The van der Waals surface area contributed by atoms with Gasteiger partial charge in [0.2, 0.25) is 6.43 Å². The van der Waals surface area contributed by atoms with Crippen LogP contribution in [0, 0.1) is 12.8 Å². The van der Waals surface area contributed by atoms with E-state index in [0.29, 0.717) is 11.3 Å². The summed E-state index contributed by atoms with van der Waals surface area (Å²) >= 11 is 0. The van der Waals surface area contributed by atoms with Gasteiger partial charge in [-0.2, -0.15) is 0 Å². The van der Waals surface area contributed by atoms with Gasteiger partial charge >= 0.3 is 0 Å². The Labute approximate surface area is 80.5 Å². The molecule has 0 aromatic carbocycles. The van der Waals surface area contributed by atoms with Crippen LogP contribution in [-0.2, 0) is 6.42 Å². The number of furan rings is 1. The first-order valence-corrected chi connectivity index (χ1v) is 4.62. The molecule has 2 unspecified atom stereocenters. The Morgan fingerprint density at radius 1 is 1.57 bits per heavy atom. The highest BCUT2D eigenvalue weighted by atomic mass is 19.3. The lowest BCUT2D eigenvalue weighted by atomic mass is 9.85. The molecule has 1 aromatic rings. The fraction of sp³-hybridized carbons (Fsp3) is 0.600. The zero-order chi connectivity index (χ0) is 10.3. The van der Waals surface area contributed by atoms with E-state index in [1.807, 2.05) is 6.92 Å². The summed E-state index contributed by atoms with van der Waals surface area (Å²) in [7, 11) is 0. The van der Waals surface area contributed by atoms with Gasteiger partial charge in [0.1, 0.15) is 5.76 Å². The van der Waals surface area contributed by atoms with Crippen LogP contribution in [0.1, 0.15) is 29.4 Å². The fourth-order valence-corrected chi connectivity index (χ4v) is 2.03. The summed E-state index contributed by atoms with van der Waals surface area (Å²) in [6.45, 7) is 1.81. The van der Waals surface area contributed by atoms with Crippen molar-refractivity contribution in [1.82, 2.24) is 0 Å². The van der Waals surface area contributed by atoms with E-state index in [4.69, 9.17) is 4.42 Å². The Morgan fingerprint density at radius 3 is 2.93 bits per heavy atom. The molecule has 0 radical (unpaired) electrons. The molecular weight excluding hydrogens is 190 g/mol. The Kier molecular flexibility index (Phi) is 2.31. The first-order valence-electron chi connectivity index (χ1n) is 4.62. The van der Waals surface area contributed by atoms with Crippen molar-refractivity contribution in [2.24, 2.45) is 5.92 Å². The molecule has 1 aliphatic carbocycles. The summed E-state index contributed by atoms with van der Waals surface area (Å²) < 4.78 is 30.0. The summed E-state index contributed by atoms with van der Waals surface area (Å²) in [5.74, 6) is -0.255. The minimum atomic E-state index is -2.39. The van der Waals surface area contributed by atoms with Gasteiger partial charge in [0.05, 0.1) is 12.4 Å². The smallest absolute Gasteiger partial charge is 0.241 e. The molecule has 0 saturated carbocycles. The third-order valence-corrected chi connectivity index (χ3v) is 2.77. The number of hydrogen-bond acceptors (Lipinski definition) is 2. The molecule has 0 bridgehead atoms. The van der Waals surface area contributed by atoms with Gasteiger partial charge in [-0.3, -0.25) is 0 Å². The maximum absolute atomic E-state index is 12.4. The van der Waals surface area contributed by atoms with Crippen molar-refractivity contribution in [3.05, 3.63) is 23.2 Å². The number of hydrogen-bond donors (Lipinski definition) is 1. The molecule has 2 atom stereocenters. The van der Waals surface area contributed by atoms with Crippen LogP contribution >= 0.6 is 0 Å². The van der Waals surface area contributed by atoms with Gasteiger partial charge in [0, 0.05) is 17.9 Å². The molecule has 1 N–H and O–H groups in total. The number of aliphatic hydroxyl groups is 1. The zero-order valence-electron chi connectivity index (χ0n) is 7.84. The summed E-state index contributed by atoms with van der Waals surface area (Å²) in [6, 6.07) is 0. The molecule has 0 aliphatic heterocycles. The molecule has 4 heteroatoms. The molecule has 2 nitrogen and oxygen atoms in total. The van der Waals surface area contributed by atoms with Gasteiger partial charge in [0.15, 0.2) is 0 Å². The number of rotatable bonds is 1. The lowest BCUT2D eigenvalue weighted by Crippen LogP contribution is -2.23. The van der Waals surface area contributed by atoms with E-state index in [2.05, 4.69) is 0 Å². The molecule has 1 heterocycles. The lowest BCUT2D eigenvalue weighted by molar-refractivity contribution is 0.0261. The topological polar surface area (TPSA) is 33.4 Å². The van der Waals surface area contributed by atoms with Crippen LogP contribution in [0.2, 0.25) is 0 Å². The van der Waals surface area contributed by atoms with E-state index in [9.17, 15) is 13.9 Å². The number of fused-ring (bicyclic) bond motifs is 1. The van der Waals surface area contributed by atoms with Crippen LogP contribution in [0.4, 0.5) is 8.78 Å². The van der Waals surface area contributed by atoms with E-state index >= 15 is 0 Å². The van der Waals surface area contributed by atoms with Crippen molar-refractivity contribution in [3.8, 4) is 0 Å². The Balaban J connectivity index is 2.30. The molecular formula is C10H12F2O2. The Morgan fingerprint density at radius 2 is 2.29 bits per heavy atom. The van der Waals surface area contributed by atoms with Crippen molar-refractivity contribution in [1.29, 1.82) is 0 Å². The summed E-state index contributed by atoms with van der Waals surface area (Å²) in [4.78, 5) is 0. The van der Waals surface area contributed by atoms with Crippen LogP contribution < -0.4 is 0 Å². The highest BCUT2D eigenvalue weighted by Crippen LogP contribution is 2.38. The maximum Gasteiger partial charge on any atom is 0.241 e. The Bertz CT molecular complexity index is 333. The van der Waals surface area contributed by atoms with Gasteiger partial charge in [-0.25, -0.2) is 8.78 Å². The quantitative estimate of drug-likeness (QED) is 0.758.